The van der Waals surface area contributed by atoms with Gasteiger partial charge in [-0.3, -0.25) is 4.79 Å². The Morgan fingerprint density at radius 1 is 1.31 bits per heavy atom. The summed E-state index contributed by atoms with van der Waals surface area (Å²) in [5.74, 6) is -0.101. The molecule has 3 heteroatoms. The van der Waals surface area contributed by atoms with Crippen LogP contribution in [-0.2, 0) is 4.79 Å². The van der Waals surface area contributed by atoms with E-state index in [9.17, 15) is 4.79 Å². The van der Waals surface area contributed by atoms with Crippen molar-refractivity contribution in [2.45, 2.75) is 6.92 Å². The zero-order chi connectivity index (χ0) is 11.5. The number of anilines is 1. The largest absolute Gasteiger partial charge is 0.326 e. The van der Waals surface area contributed by atoms with Gasteiger partial charge in [0, 0.05) is 12.6 Å². The highest BCUT2D eigenvalue weighted by molar-refractivity contribution is 5.95. The zero-order valence-electron chi connectivity index (χ0n) is 8.82. The number of fused-ring (bicyclic) bond motifs is 1. The number of nitriles is 1. The molecule has 0 bridgehead atoms. The average molecular weight is 210 g/mol. The van der Waals surface area contributed by atoms with Crippen molar-refractivity contribution in [1.82, 2.24) is 0 Å². The molecule has 16 heavy (non-hydrogen) atoms. The Morgan fingerprint density at radius 3 is 2.81 bits per heavy atom. The summed E-state index contributed by atoms with van der Waals surface area (Å²) >= 11 is 0. The van der Waals surface area contributed by atoms with Gasteiger partial charge in [0.25, 0.3) is 0 Å². The Balaban J connectivity index is 2.56. The van der Waals surface area contributed by atoms with E-state index in [1.165, 1.54) is 6.92 Å². The second-order valence-corrected chi connectivity index (χ2v) is 3.53. The fourth-order valence-corrected chi connectivity index (χ4v) is 1.66. The van der Waals surface area contributed by atoms with Gasteiger partial charge in [-0.15, -0.1) is 0 Å². The molecule has 0 heterocycles. The van der Waals surface area contributed by atoms with E-state index in [1.807, 2.05) is 24.3 Å². The molecule has 0 fully saturated rings. The van der Waals surface area contributed by atoms with E-state index in [1.54, 1.807) is 12.1 Å². The molecule has 2 aromatic carbocycles. The number of nitrogens with one attached hydrogen (secondary N) is 1. The lowest BCUT2D eigenvalue weighted by atomic mass is 10.0. The third-order valence-corrected chi connectivity index (χ3v) is 2.32. The van der Waals surface area contributed by atoms with Crippen molar-refractivity contribution in [1.29, 1.82) is 5.26 Å². The number of rotatable bonds is 1. The van der Waals surface area contributed by atoms with Crippen molar-refractivity contribution in [2.24, 2.45) is 0 Å². The van der Waals surface area contributed by atoms with Gasteiger partial charge < -0.3 is 5.32 Å². The first-order chi connectivity index (χ1) is 7.70. The van der Waals surface area contributed by atoms with Crippen LogP contribution in [0.1, 0.15) is 12.5 Å². The second kappa shape index (κ2) is 4.03. The summed E-state index contributed by atoms with van der Waals surface area (Å²) in [5, 5.41) is 13.5. The average Bonchev–Trinajstić information content (AvgIpc) is 2.27. The predicted octanol–water partition coefficient (Wildman–Crippen LogP) is 2.67. The van der Waals surface area contributed by atoms with E-state index < -0.39 is 0 Å². The maximum atomic E-state index is 10.9. The van der Waals surface area contributed by atoms with Gasteiger partial charge in [-0.25, -0.2) is 0 Å². The van der Waals surface area contributed by atoms with Crippen molar-refractivity contribution >= 4 is 22.4 Å². The molecule has 0 aliphatic rings. The van der Waals surface area contributed by atoms with Crippen LogP contribution < -0.4 is 5.32 Å². The molecule has 0 saturated carbocycles. The Bertz CT molecular complexity index is 596. The van der Waals surface area contributed by atoms with E-state index in [-0.39, 0.29) is 5.91 Å². The first-order valence-electron chi connectivity index (χ1n) is 4.91. The molecule has 0 saturated heterocycles. The zero-order valence-corrected chi connectivity index (χ0v) is 8.82. The van der Waals surface area contributed by atoms with Crippen LogP contribution in [0.5, 0.6) is 0 Å². The van der Waals surface area contributed by atoms with Crippen molar-refractivity contribution in [3.63, 3.8) is 0 Å². The summed E-state index contributed by atoms with van der Waals surface area (Å²) in [6, 6.07) is 13.2. The first-order valence-corrected chi connectivity index (χ1v) is 4.91. The van der Waals surface area contributed by atoms with Crippen LogP contribution in [0.3, 0.4) is 0 Å². The topological polar surface area (TPSA) is 52.9 Å². The summed E-state index contributed by atoms with van der Waals surface area (Å²) in [7, 11) is 0. The Labute approximate surface area is 93.3 Å². The van der Waals surface area contributed by atoms with Crippen LogP contribution in [0.25, 0.3) is 10.8 Å². The van der Waals surface area contributed by atoms with Crippen molar-refractivity contribution in [3.05, 3.63) is 42.0 Å². The van der Waals surface area contributed by atoms with Crippen LogP contribution >= 0.6 is 0 Å². The fourth-order valence-electron chi connectivity index (χ4n) is 1.66. The summed E-state index contributed by atoms with van der Waals surface area (Å²) in [5.41, 5.74) is 1.39. The summed E-state index contributed by atoms with van der Waals surface area (Å²) in [6.45, 7) is 1.47. The molecule has 0 atom stereocenters. The predicted molar refractivity (Wildman–Crippen MR) is 63.0 cm³/mol. The molecular weight excluding hydrogens is 200 g/mol. The summed E-state index contributed by atoms with van der Waals surface area (Å²) in [4.78, 5) is 10.9. The Hall–Kier alpha value is -2.34. The number of hydrogen-bond donors (Lipinski definition) is 1. The lowest BCUT2D eigenvalue weighted by Crippen LogP contribution is -2.05. The maximum absolute atomic E-state index is 10.9. The van der Waals surface area contributed by atoms with Gasteiger partial charge >= 0.3 is 0 Å². The maximum Gasteiger partial charge on any atom is 0.221 e. The fraction of sp³-hybridized carbons (Fsp3) is 0.0769. The molecule has 0 aliphatic heterocycles. The van der Waals surface area contributed by atoms with Crippen molar-refractivity contribution < 1.29 is 4.79 Å². The lowest BCUT2D eigenvalue weighted by Gasteiger charge is -2.04. The van der Waals surface area contributed by atoms with E-state index in [0.717, 1.165) is 16.5 Å². The molecule has 0 spiro atoms. The molecule has 0 unspecified atom stereocenters. The van der Waals surface area contributed by atoms with E-state index >= 15 is 0 Å². The first kappa shape index (κ1) is 10.2. The number of carbonyl (C=O) groups is 1. The van der Waals surface area contributed by atoms with E-state index in [4.69, 9.17) is 5.26 Å². The van der Waals surface area contributed by atoms with Crippen LogP contribution in [0, 0.1) is 11.3 Å². The summed E-state index contributed by atoms with van der Waals surface area (Å²) < 4.78 is 0. The van der Waals surface area contributed by atoms with Gasteiger partial charge in [-0.1, -0.05) is 18.2 Å². The van der Waals surface area contributed by atoms with Crippen LogP contribution in [0.4, 0.5) is 5.69 Å². The molecule has 2 aromatic rings. The minimum Gasteiger partial charge on any atom is -0.326 e. The minimum absolute atomic E-state index is 0.101. The highest BCUT2D eigenvalue weighted by Gasteiger charge is 2.01. The SMILES string of the molecule is CC(=O)Nc1ccc2c(C#N)cccc2c1. The highest BCUT2D eigenvalue weighted by Crippen LogP contribution is 2.22. The molecule has 0 aliphatic carbocycles. The number of benzene rings is 2. The minimum atomic E-state index is -0.101. The molecule has 1 amide bonds. The van der Waals surface area contributed by atoms with Gasteiger partial charge in [-0.2, -0.15) is 5.26 Å². The molecular formula is C13H10N2O. The smallest absolute Gasteiger partial charge is 0.221 e. The van der Waals surface area contributed by atoms with E-state index in [0.29, 0.717) is 5.56 Å². The second-order valence-electron chi connectivity index (χ2n) is 3.53. The Kier molecular flexibility index (Phi) is 2.57. The molecule has 0 radical (unpaired) electrons. The highest BCUT2D eigenvalue weighted by atomic mass is 16.1. The third kappa shape index (κ3) is 1.86. The quantitative estimate of drug-likeness (QED) is 0.786. The van der Waals surface area contributed by atoms with Gasteiger partial charge in [-0.05, 0) is 29.0 Å². The number of hydrogen-bond acceptors (Lipinski definition) is 2. The van der Waals surface area contributed by atoms with Gasteiger partial charge in [0.15, 0.2) is 0 Å². The third-order valence-electron chi connectivity index (χ3n) is 2.32. The monoisotopic (exact) mass is 210 g/mol. The number of amides is 1. The van der Waals surface area contributed by atoms with E-state index in [2.05, 4.69) is 11.4 Å². The van der Waals surface area contributed by atoms with Crippen LogP contribution in [0.2, 0.25) is 0 Å². The van der Waals surface area contributed by atoms with Gasteiger partial charge in [0.2, 0.25) is 5.91 Å². The summed E-state index contributed by atoms with van der Waals surface area (Å²) in [6.07, 6.45) is 0. The van der Waals surface area contributed by atoms with Crippen molar-refractivity contribution in [3.8, 4) is 6.07 Å². The van der Waals surface area contributed by atoms with Crippen LogP contribution in [0.15, 0.2) is 36.4 Å². The normalized spacial score (nSPS) is 9.75. The standard InChI is InChI=1S/C13H10N2O/c1-9(16)15-12-5-6-13-10(7-12)3-2-4-11(13)8-14/h2-7H,1H3,(H,15,16). The van der Waals surface area contributed by atoms with Gasteiger partial charge in [0.1, 0.15) is 0 Å². The molecule has 78 valence electrons. The molecule has 0 aromatic heterocycles. The molecule has 2 rings (SSSR count). The molecule has 3 nitrogen and oxygen atoms in total. The van der Waals surface area contributed by atoms with Gasteiger partial charge in [0.05, 0.1) is 11.6 Å². The lowest BCUT2D eigenvalue weighted by molar-refractivity contribution is -0.114. The van der Waals surface area contributed by atoms with Crippen LogP contribution in [-0.4, -0.2) is 5.91 Å². The number of nitrogens with zero attached hydrogens (tertiary/aromatic N) is 1. The molecule has 1 N–H and O–H groups in total. The van der Waals surface area contributed by atoms with Crippen molar-refractivity contribution in [2.75, 3.05) is 5.32 Å². The number of carbonyl (C=O) groups excluding carboxylic acids is 1. The Morgan fingerprint density at radius 2 is 2.12 bits per heavy atom.